The van der Waals surface area contributed by atoms with Crippen molar-refractivity contribution < 1.29 is 0 Å². The van der Waals surface area contributed by atoms with Crippen molar-refractivity contribution in [3.63, 3.8) is 0 Å². The second kappa shape index (κ2) is 10.1. The third-order valence-corrected chi connectivity index (χ3v) is 4.79. The first-order chi connectivity index (χ1) is 11.7. The summed E-state index contributed by atoms with van der Waals surface area (Å²) in [6.07, 6.45) is 2.08. The Kier molecular flexibility index (Phi) is 7.75. The Morgan fingerprint density at radius 1 is 1.25 bits per heavy atom. The van der Waals surface area contributed by atoms with Crippen molar-refractivity contribution in [2.75, 3.05) is 19.6 Å². The van der Waals surface area contributed by atoms with Gasteiger partial charge in [0.1, 0.15) is 0 Å². The van der Waals surface area contributed by atoms with E-state index >= 15 is 0 Å². The fraction of sp³-hybridized carbons (Fsp3) is 0.474. The maximum atomic E-state index is 4.72. The van der Waals surface area contributed by atoms with Crippen LogP contribution in [0.5, 0.6) is 0 Å². The van der Waals surface area contributed by atoms with Gasteiger partial charge in [-0.05, 0) is 25.8 Å². The molecule has 4 nitrogen and oxygen atoms in total. The summed E-state index contributed by atoms with van der Waals surface area (Å²) in [7, 11) is 0. The molecule has 0 fully saturated rings. The summed E-state index contributed by atoms with van der Waals surface area (Å²) in [4.78, 5) is 9.22. The summed E-state index contributed by atoms with van der Waals surface area (Å²) in [5, 5.41) is 10.1. The number of hydrogen-bond donors (Lipinski definition) is 2. The highest BCUT2D eigenvalue weighted by Gasteiger charge is 2.05. The van der Waals surface area contributed by atoms with Crippen LogP contribution in [0.15, 0.2) is 40.7 Å². The molecule has 1 aromatic heterocycles. The highest BCUT2D eigenvalue weighted by atomic mass is 32.1. The molecule has 1 unspecified atom stereocenters. The second-order valence-corrected chi connectivity index (χ2v) is 6.89. The van der Waals surface area contributed by atoms with Crippen LogP contribution in [0.1, 0.15) is 42.5 Å². The summed E-state index contributed by atoms with van der Waals surface area (Å²) < 4.78 is 0. The number of rotatable bonds is 8. The van der Waals surface area contributed by atoms with Crippen molar-refractivity contribution in [2.45, 2.75) is 39.5 Å². The average Bonchev–Trinajstić information content (AvgIpc) is 3.02. The highest BCUT2D eigenvalue weighted by Crippen LogP contribution is 2.14. The molecule has 0 spiro atoms. The Morgan fingerprint density at radius 3 is 2.71 bits per heavy atom. The summed E-state index contributed by atoms with van der Waals surface area (Å²) in [6.45, 7) is 8.91. The van der Waals surface area contributed by atoms with E-state index in [2.05, 4.69) is 65.2 Å². The third-order valence-electron chi connectivity index (χ3n) is 3.76. The lowest BCUT2D eigenvalue weighted by molar-refractivity contribution is 0.723. The van der Waals surface area contributed by atoms with Crippen LogP contribution in [0.4, 0.5) is 0 Å². The Labute approximate surface area is 149 Å². The van der Waals surface area contributed by atoms with E-state index in [-0.39, 0.29) is 0 Å². The molecule has 2 N–H and O–H groups in total. The predicted octanol–water partition coefficient (Wildman–Crippen LogP) is 3.74. The Bertz CT molecular complexity index is 621. The molecule has 1 atom stereocenters. The minimum Gasteiger partial charge on any atom is -0.357 e. The standard InChI is InChI=1S/C19H28N4S/c1-4-20-19(21-12-8-11-18-23-16(3)14-24-18)22-13-15(2)17-9-6-5-7-10-17/h5-7,9-10,14-15H,4,8,11-13H2,1-3H3,(H2,20,21,22). The number of hydrogen-bond acceptors (Lipinski definition) is 3. The van der Waals surface area contributed by atoms with Gasteiger partial charge < -0.3 is 10.6 Å². The first kappa shape index (κ1) is 18.5. The van der Waals surface area contributed by atoms with Gasteiger partial charge in [-0.25, -0.2) is 4.98 Å². The topological polar surface area (TPSA) is 49.3 Å². The van der Waals surface area contributed by atoms with Gasteiger partial charge in [0.15, 0.2) is 5.96 Å². The lowest BCUT2D eigenvalue weighted by Gasteiger charge is -2.13. The maximum Gasteiger partial charge on any atom is 0.191 e. The van der Waals surface area contributed by atoms with Gasteiger partial charge in [0.2, 0.25) is 0 Å². The molecule has 2 aromatic rings. The summed E-state index contributed by atoms with van der Waals surface area (Å²) >= 11 is 1.75. The number of guanidine groups is 1. The van der Waals surface area contributed by atoms with Crippen molar-refractivity contribution in [2.24, 2.45) is 4.99 Å². The molecule has 0 aliphatic heterocycles. The van der Waals surface area contributed by atoms with E-state index in [0.717, 1.165) is 44.1 Å². The van der Waals surface area contributed by atoms with E-state index in [1.54, 1.807) is 11.3 Å². The fourth-order valence-electron chi connectivity index (χ4n) is 2.42. The SMILES string of the molecule is CCNC(=NCC(C)c1ccccc1)NCCCc1nc(C)cs1. The highest BCUT2D eigenvalue weighted by molar-refractivity contribution is 7.09. The van der Waals surface area contributed by atoms with Crippen molar-refractivity contribution in [3.8, 4) is 0 Å². The first-order valence-electron chi connectivity index (χ1n) is 8.67. The Balaban J connectivity index is 1.77. The van der Waals surface area contributed by atoms with E-state index in [1.165, 1.54) is 10.6 Å². The van der Waals surface area contributed by atoms with Gasteiger partial charge in [-0.3, -0.25) is 4.99 Å². The first-order valence-corrected chi connectivity index (χ1v) is 9.55. The van der Waals surface area contributed by atoms with Crippen molar-refractivity contribution in [1.29, 1.82) is 0 Å². The average molecular weight is 345 g/mol. The molecule has 0 saturated heterocycles. The molecule has 0 aliphatic rings. The van der Waals surface area contributed by atoms with Crippen LogP contribution in [0, 0.1) is 6.92 Å². The van der Waals surface area contributed by atoms with Gasteiger partial charge in [-0.1, -0.05) is 37.3 Å². The lowest BCUT2D eigenvalue weighted by Crippen LogP contribution is -2.38. The van der Waals surface area contributed by atoms with Gasteiger partial charge in [0.25, 0.3) is 0 Å². The number of aryl methyl sites for hydroxylation is 2. The molecule has 0 bridgehead atoms. The zero-order chi connectivity index (χ0) is 17.2. The number of aliphatic imine (C=N–C) groups is 1. The minimum absolute atomic E-state index is 0.417. The number of aromatic nitrogens is 1. The largest absolute Gasteiger partial charge is 0.357 e. The van der Waals surface area contributed by atoms with Gasteiger partial charge in [-0.2, -0.15) is 0 Å². The van der Waals surface area contributed by atoms with E-state index < -0.39 is 0 Å². The lowest BCUT2D eigenvalue weighted by atomic mass is 10.0. The van der Waals surface area contributed by atoms with E-state index in [1.807, 2.05) is 6.92 Å². The van der Waals surface area contributed by atoms with Crippen molar-refractivity contribution in [3.05, 3.63) is 52.0 Å². The summed E-state index contributed by atoms with van der Waals surface area (Å²) in [5.41, 5.74) is 2.45. The molecular formula is C19H28N4S. The minimum atomic E-state index is 0.417. The molecule has 0 saturated carbocycles. The van der Waals surface area contributed by atoms with Crippen LogP contribution in [0.3, 0.4) is 0 Å². The maximum absolute atomic E-state index is 4.72. The Hall–Kier alpha value is -1.88. The van der Waals surface area contributed by atoms with Gasteiger partial charge in [0, 0.05) is 43.0 Å². The quantitative estimate of drug-likeness (QED) is 0.436. The predicted molar refractivity (Wildman–Crippen MR) is 104 cm³/mol. The molecule has 5 heteroatoms. The number of nitrogens with one attached hydrogen (secondary N) is 2. The van der Waals surface area contributed by atoms with Crippen LogP contribution in [-0.4, -0.2) is 30.6 Å². The molecular weight excluding hydrogens is 316 g/mol. The normalized spacial score (nSPS) is 12.9. The van der Waals surface area contributed by atoms with Crippen LogP contribution in [0.2, 0.25) is 0 Å². The second-order valence-electron chi connectivity index (χ2n) is 5.94. The van der Waals surface area contributed by atoms with Gasteiger partial charge in [0.05, 0.1) is 5.01 Å². The van der Waals surface area contributed by atoms with Gasteiger partial charge in [-0.15, -0.1) is 11.3 Å². The third kappa shape index (κ3) is 6.32. The van der Waals surface area contributed by atoms with E-state index in [4.69, 9.17) is 4.99 Å². The summed E-state index contributed by atoms with van der Waals surface area (Å²) in [5.74, 6) is 1.32. The van der Waals surface area contributed by atoms with Crippen molar-refractivity contribution in [1.82, 2.24) is 15.6 Å². The fourth-order valence-corrected chi connectivity index (χ4v) is 3.24. The van der Waals surface area contributed by atoms with Gasteiger partial charge >= 0.3 is 0 Å². The molecule has 1 aromatic carbocycles. The summed E-state index contributed by atoms with van der Waals surface area (Å²) in [6, 6.07) is 10.5. The van der Waals surface area contributed by atoms with Crippen LogP contribution < -0.4 is 10.6 Å². The van der Waals surface area contributed by atoms with Crippen LogP contribution in [0.25, 0.3) is 0 Å². The number of nitrogens with zero attached hydrogens (tertiary/aromatic N) is 2. The number of benzene rings is 1. The molecule has 0 aliphatic carbocycles. The van der Waals surface area contributed by atoms with Crippen molar-refractivity contribution >= 4 is 17.3 Å². The zero-order valence-corrected chi connectivity index (χ0v) is 15.7. The molecule has 2 rings (SSSR count). The van der Waals surface area contributed by atoms with E-state index in [9.17, 15) is 0 Å². The molecule has 1 heterocycles. The van der Waals surface area contributed by atoms with Crippen LogP contribution >= 0.6 is 11.3 Å². The number of thiazole rings is 1. The molecule has 0 radical (unpaired) electrons. The molecule has 0 amide bonds. The van der Waals surface area contributed by atoms with Crippen LogP contribution in [-0.2, 0) is 6.42 Å². The molecule has 130 valence electrons. The molecule has 24 heavy (non-hydrogen) atoms. The smallest absolute Gasteiger partial charge is 0.191 e. The Morgan fingerprint density at radius 2 is 2.04 bits per heavy atom. The monoisotopic (exact) mass is 344 g/mol. The van der Waals surface area contributed by atoms with E-state index in [0.29, 0.717) is 5.92 Å². The zero-order valence-electron chi connectivity index (χ0n) is 14.9.